The molecule has 0 radical (unpaired) electrons. The SMILES string of the molecule is CC1CC2OCOC2C(OC2CCC3(C=O)C4CCC5(C)C(C6=CC(=O)OC6)CCC5(O)C4CCC3(O)C2)O1. The third kappa shape index (κ3) is 3.66. The lowest BCUT2D eigenvalue weighted by atomic mass is 9.41. The Morgan fingerprint density at radius 1 is 1.05 bits per heavy atom. The summed E-state index contributed by atoms with van der Waals surface area (Å²) in [5.74, 6) is -0.371. The molecule has 2 saturated heterocycles. The van der Waals surface area contributed by atoms with Crippen LogP contribution in [-0.2, 0) is 33.3 Å². The van der Waals surface area contributed by atoms with Crippen molar-refractivity contribution in [2.24, 2.45) is 28.6 Å². The summed E-state index contributed by atoms with van der Waals surface area (Å²) >= 11 is 0. The van der Waals surface area contributed by atoms with Gasteiger partial charge in [0.2, 0.25) is 0 Å². The van der Waals surface area contributed by atoms with E-state index in [1.165, 1.54) is 0 Å². The highest BCUT2D eigenvalue weighted by molar-refractivity contribution is 5.85. The van der Waals surface area contributed by atoms with Gasteiger partial charge in [-0.2, -0.15) is 0 Å². The quantitative estimate of drug-likeness (QED) is 0.312. The van der Waals surface area contributed by atoms with Gasteiger partial charge in [0.15, 0.2) is 6.29 Å². The zero-order valence-electron chi connectivity index (χ0n) is 23.0. The monoisotopic (exact) mass is 546 g/mol. The number of hydrogen-bond donors (Lipinski definition) is 2. The van der Waals surface area contributed by atoms with Crippen molar-refractivity contribution in [1.82, 2.24) is 0 Å². The molecule has 39 heavy (non-hydrogen) atoms. The van der Waals surface area contributed by atoms with Crippen LogP contribution in [-0.4, -0.2) is 77.8 Å². The first-order chi connectivity index (χ1) is 18.6. The largest absolute Gasteiger partial charge is 0.458 e. The Balaban J connectivity index is 1.12. The van der Waals surface area contributed by atoms with Gasteiger partial charge >= 0.3 is 5.97 Å². The molecule has 0 aromatic carbocycles. The van der Waals surface area contributed by atoms with Gasteiger partial charge in [-0.05, 0) is 81.6 Å². The average molecular weight is 547 g/mol. The molecule has 7 aliphatic rings. The lowest BCUT2D eigenvalue weighted by molar-refractivity contribution is -0.287. The fourth-order valence-corrected chi connectivity index (χ4v) is 10.3. The van der Waals surface area contributed by atoms with E-state index in [-0.39, 0.29) is 60.3 Å². The second kappa shape index (κ2) is 9.07. The van der Waals surface area contributed by atoms with E-state index in [4.69, 9.17) is 23.7 Å². The summed E-state index contributed by atoms with van der Waals surface area (Å²) in [4.78, 5) is 24.9. The summed E-state index contributed by atoms with van der Waals surface area (Å²) in [7, 11) is 0. The average Bonchev–Trinajstić information content (AvgIpc) is 3.61. The first-order valence-corrected chi connectivity index (χ1v) is 14.9. The number of aldehydes is 1. The van der Waals surface area contributed by atoms with Crippen molar-refractivity contribution in [3.05, 3.63) is 11.6 Å². The van der Waals surface area contributed by atoms with Gasteiger partial charge in [-0.25, -0.2) is 4.79 Å². The van der Waals surface area contributed by atoms with E-state index in [2.05, 4.69) is 6.92 Å². The minimum atomic E-state index is -1.19. The molecule has 2 N–H and O–H groups in total. The Labute approximate surface area is 229 Å². The zero-order chi connectivity index (χ0) is 27.2. The maximum atomic E-state index is 13.0. The minimum Gasteiger partial charge on any atom is -0.458 e. The molecule has 3 heterocycles. The second-order valence-electron chi connectivity index (χ2n) is 13.7. The van der Waals surface area contributed by atoms with Gasteiger partial charge in [-0.15, -0.1) is 0 Å². The van der Waals surface area contributed by atoms with Crippen molar-refractivity contribution in [2.75, 3.05) is 13.4 Å². The molecule has 0 amide bonds. The smallest absolute Gasteiger partial charge is 0.331 e. The van der Waals surface area contributed by atoms with Gasteiger partial charge in [-0.3, -0.25) is 0 Å². The number of carbonyl (C=O) groups excluding carboxylic acids is 2. The molecule has 9 heteroatoms. The van der Waals surface area contributed by atoms with Gasteiger partial charge in [-0.1, -0.05) is 6.92 Å². The lowest BCUT2D eigenvalue weighted by Gasteiger charge is -2.65. The van der Waals surface area contributed by atoms with E-state index in [9.17, 15) is 19.8 Å². The van der Waals surface area contributed by atoms with E-state index in [0.717, 1.165) is 37.5 Å². The number of carbonyl (C=O) groups is 2. The summed E-state index contributed by atoms with van der Waals surface area (Å²) in [5, 5.41) is 24.6. The van der Waals surface area contributed by atoms with Crippen LogP contribution in [0.15, 0.2) is 11.6 Å². The van der Waals surface area contributed by atoms with Crippen LogP contribution in [0.4, 0.5) is 0 Å². The number of hydrogen-bond acceptors (Lipinski definition) is 9. The molecule has 6 fully saturated rings. The molecule has 3 aliphatic heterocycles. The van der Waals surface area contributed by atoms with Gasteiger partial charge in [0.25, 0.3) is 0 Å². The fraction of sp³-hybridized carbons (Fsp3) is 0.867. The molecule has 0 spiro atoms. The number of esters is 1. The third-order valence-electron chi connectivity index (χ3n) is 12.3. The standard InChI is InChI=1S/C30H42O9/c1-17-11-23-25(37-16-36-23)26(38-17)39-19-3-8-28(15-31)21-4-7-27(2)20(18-12-24(32)35-14-18)6-10-30(27,34)22(21)5-9-29(28,33)13-19/h12,15,17,19-23,25-26,33-34H,3-11,13-14,16H2,1-2H3. The fourth-order valence-electron chi connectivity index (χ4n) is 10.3. The number of rotatable bonds is 4. The molecule has 216 valence electrons. The highest BCUT2D eigenvalue weighted by atomic mass is 16.8. The molecular weight excluding hydrogens is 504 g/mol. The van der Waals surface area contributed by atoms with Crippen molar-refractivity contribution < 1.29 is 43.5 Å². The van der Waals surface area contributed by atoms with E-state index >= 15 is 0 Å². The number of cyclic esters (lactones) is 1. The van der Waals surface area contributed by atoms with Crippen LogP contribution in [0.2, 0.25) is 0 Å². The Bertz CT molecular complexity index is 1060. The Kier molecular flexibility index (Phi) is 6.17. The maximum Gasteiger partial charge on any atom is 0.331 e. The first kappa shape index (κ1) is 26.5. The molecule has 0 bridgehead atoms. The summed E-state index contributed by atoms with van der Waals surface area (Å²) in [6.07, 6.45) is 7.88. The highest BCUT2D eigenvalue weighted by Crippen LogP contribution is 2.70. The van der Waals surface area contributed by atoms with E-state index in [1.54, 1.807) is 6.08 Å². The van der Waals surface area contributed by atoms with Crippen molar-refractivity contribution in [3.63, 3.8) is 0 Å². The molecule has 4 aliphatic carbocycles. The van der Waals surface area contributed by atoms with Crippen LogP contribution in [0.25, 0.3) is 0 Å². The van der Waals surface area contributed by atoms with E-state index in [0.29, 0.717) is 45.1 Å². The van der Waals surface area contributed by atoms with Gasteiger partial charge in [0.05, 0.1) is 34.9 Å². The highest BCUT2D eigenvalue weighted by Gasteiger charge is 2.71. The van der Waals surface area contributed by atoms with Gasteiger partial charge in [0.1, 0.15) is 25.8 Å². The van der Waals surface area contributed by atoms with Crippen molar-refractivity contribution >= 4 is 12.3 Å². The predicted octanol–water partition coefficient (Wildman–Crippen LogP) is 2.80. The summed E-state index contributed by atoms with van der Waals surface area (Å²) < 4.78 is 29.2. The Morgan fingerprint density at radius 2 is 1.87 bits per heavy atom. The van der Waals surface area contributed by atoms with Crippen LogP contribution < -0.4 is 0 Å². The molecule has 9 nitrogen and oxygen atoms in total. The lowest BCUT2D eigenvalue weighted by Crippen LogP contribution is -2.69. The molecule has 0 aromatic heterocycles. The van der Waals surface area contributed by atoms with Crippen molar-refractivity contribution in [1.29, 1.82) is 0 Å². The zero-order valence-corrected chi connectivity index (χ0v) is 23.0. The minimum absolute atomic E-state index is 0.00802. The Hall–Kier alpha value is -1.36. The van der Waals surface area contributed by atoms with Crippen LogP contribution in [0.1, 0.15) is 78.1 Å². The number of aliphatic hydroxyl groups is 2. The molecule has 7 rings (SSSR count). The van der Waals surface area contributed by atoms with Crippen LogP contribution >= 0.6 is 0 Å². The predicted molar refractivity (Wildman–Crippen MR) is 136 cm³/mol. The summed E-state index contributed by atoms with van der Waals surface area (Å²) in [6.45, 7) is 4.72. The van der Waals surface area contributed by atoms with Gasteiger partial charge in [0, 0.05) is 24.3 Å². The topological polar surface area (TPSA) is 121 Å². The van der Waals surface area contributed by atoms with Crippen LogP contribution in [0, 0.1) is 28.6 Å². The molecule has 12 unspecified atom stereocenters. The normalized spacial score (nSPS) is 54.7. The number of fused-ring (bicyclic) bond motifs is 6. The maximum absolute atomic E-state index is 13.0. The van der Waals surface area contributed by atoms with E-state index < -0.39 is 22.9 Å². The van der Waals surface area contributed by atoms with Crippen LogP contribution in [0.3, 0.4) is 0 Å². The van der Waals surface area contributed by atoms with Crippen LogP contribution in [0.5, 0.6) is 0 Å². The molecule has 4 saturated carbocycles. The number of ether oxygens (including phenoxy) is 5. The molecule has 0 aromatic rings. The van der Waals surface area contributed by atoms with Crippen molar-refractivity contribution in [2.45, 2.75) is 120 Å². The second-order valence-corrected chi connectivity index (χ2v) is 13.7. The summed E-state index contributed by atoms with van der Waals surface area (Å²) in [5.41, 5.74) is -2.44. The Morgan fingerprint density at radius 3 is 2.64 bits per heavy atom. The molecular formula is C30H42O9. The first-order valence-electron chi connectivity index (χ1n) is 14.9. The van der Waals surface area contributed by atoms with Crippen molar-refractivity contribution in [3.8, 4) is 0 Å². The van der Waals surface area contributed by atoms with E-state index in [1.807, 2.05) is 6.92 Å². The van der Waals surface area contributed by atoms with Gasteiger partial charge < -0.3 is 38.7 Å². The molecule has 12 atom stereocenters. The summed E-state index contributed by atoms with van der Waals surface area (Å²) in [6, 6.07) is 0. The third-order valence-corrected chi connectivity index (χ3v) is 12.3.